The summed E-state index contributed by atoms with van der Waals surface area (Å²) in [4.78, 5) is 2.78. The van der Waals surface area contributed by atoms with Crippen LogP contribution in [0.1, 0.15) is 39.5 Å². The molecule has 0 aromatic carbocycles. The van der Waals surface area contributed by atoms with Crippen molar-refractivity contribution >= 4 is 11.8 Å². The first-order valence-corrected chi connectivity index (χ1v) is 8.44. The Morgan fingerprint density at radius 2 is 2.12 bits per heavy atom. The van der Waals surface area contributed by atoms with E-state index in [-0.39, 0.29) is 0 Å². The summed E-state index contributed by atoms with van der Waals surface area (Å²) in [5, 5.41) is 4.46. The van der Waals surface area contributed by atoms with Crippen molar-refractivity contribution < 1.29 is 0 Å². The average Bonchev–Trinajstić information content (AvgIpc) is 2.95. The molecule has 0 spiro atoms. The van der Waals surface area contributed by atoms with Gasteiger partial charge in [-0.2, -0.15) is 11.8 Å². The lowest BCUT2D eigenvalue weighted by molar-refractivity contribution is 0.237. The van der Waals surface area contributed by atoms with Crippen LogP contribution in [0, 0.1) is 5.92 Å². The Labute approximate surface area is 111 Å². The van der Waals surface area contributed by atoms with Crippen LogP contribution in [0.2, 0.25) is 0 Å². The number of nitrogens with one attached hydrogen (secondary N) is 1. The van der Waals surface area contributed by atoms with Gasteiger partial charge in [0, 0.05) is 17.8 Å². The van der Waals surface area contributed by atoms with E-state index in [1.54, 1.807) is 0 Å². The van der Waals surface area contributed by atoms with Crippen LogP contribution in [0.4, 0.5) is 0 Å². The SMILES string of the molecule is CCNCC1CCN(C2CCC(SCC)C2)C1. The van der Waals surface area contributed by atoms with Gasteiger partial charge in [0.1, 0.15) is 0 Å². The molecule has 1 heterocycles. The lowest BCUT2D eigenvalue weighted by atomic mass is 10.1. The molecule has 2 aliphatic rings. The first-order chi connectivity index (χ1) is 8.33. The van der Waals surface area contributed by atoms with E-state index in [0.717, 1.165) is 23.8 Å². The molecule has 3 atom stereocenters. The number of nitrogens with zero attached hydrogens (tertiary/aromatic N) is 1. The van der Waals surface area contributed by atoms with Crippen molar-refractivity contribution in [3.63, 3.8) is 0 Å². The first kappa shape index (κ1) is 13.7. The minimum Gasteiger partial charge on any atom is -0.317 e. The molecular formula is C14H28N2S. The zero-order valence-corrected chi connectivity index (χ0v) is 12.3. The second kappa shape index (κ2) is 7.01. The van der Waals surface area contributed by atoms with Crippen LogP contribution in [0.25, 0.3) is 0 Å². The predicted octanol–water partition coefficient (Wildman–Crippen LogP) is 2.59. The van der Waals surface area contributed by atoms with Crippen LogP contribution >= 0.6 is 11.8 Å². The van der Waals surface area contributed by atoms with E-state index in [1.165, 1.54) is 51.1 Å². The third kappa shape index (κ3) is 3.87. The molecule has 0 radical (unpaired) electrons. The zero-order chi connectivity index (χ0) is 12.1. The Kier molecular flexibility index (Phi) is 5.64. The van der Waals surface area contributed by atoms with Gasteiger partial charge in [-0.25, -0.2) is 0 Å². The lowest BCUT2D eigenvalue weighted by Crippen LogP contribution is -2.33. The monoisotopic (exact) mass is 256 g/mol. The molecule has 1 N–H and O–H groups in total. The second-order valence-corrected chi connectivity index (χ2v) is 7.08. The van der Waals surface area contributed by atoms with Gasteiger partial charge in [-0.3, -0.25) is 0 Å². The summed E-state index contributed by atoms with van der Waals surface area (Å²) < 4.78 is 0. The van der Waals surface area contributed by atoms with Gasteiger partial charge in [0.2, 0.25) is 0 Å². The fourth-order valence-electron chi connectivity index (χ4n) is 3.35. The molecule has 3 unspecified atom stereocenters. The Bertz CT molecular complexity index is 222. The first-order valence-electron chi connectivity index (χ1n) is 7.39. The summed E-state index contributed by atoms with van der Waals surface area (Å²) >= 11 is 2.18. The molecule has 3 heteroatoms. The molecule has 0 aromatic heterocycles. The maximum Gasteiger partial charge on any atom is 0.0106 e. The maximum atomic E-state index is 3.50. The quantitative estimate of drug-likeness (QED) is 0.786. The van der Waals surface area contributed by atoms with E-state index >= 15 is 0 Å². The lowest BCUT2D eigenvalue weighted by Gasteiger charge is -2.24. The van der Waals surface area contributed by atoms with Crippen molar-refractivity contribution in [3.05, 3.63) is 0 Å². The summed E-state index contributed by atoms with van der Waals surface area (Å²) in [6.45, 7) is 9.55. The van der Waals surface area contributed by atoms with Crippen molar-refractivity contribution in [1.82, 2.24) is 10.2 Å². The van der Waals surface area contributed by atoms with Crippen molar-refractivity contribution in [1.29, 1.82) is 0 Å². The highest BCUT2D eigenvalue weighted by molar-refractivity contribution is 7.99. The second-order valence-electron chi connectivity index (χ2n) is 5.50. The fourth-order valence-corrected chi connectivity index (χ4v) is 4.48. The van der Waals surface area contributed by atoms with Gasteiger partial charge in [-0.05, 0) is 57.0 Å². The summed E-state index contributed by atoms with van der Waals surface area (Å²) in [6.07, 6.45) is 5.77. The standard InChI is InChI=1S/C14H28N2S/c1-3-15-10-12-7-8-16(11-12)13-5-6-14(9-13)17-4-2/h12-15H,3-11H2,1-2H3. The number of rotatable bonds is 6. The van der Waals surface area contributed by atoms with Crippen LogP contribution in [0.5, 0.6) is 0 Å². The number of thioether (sulfide) groups is 1. The molecule has 0 bridgehead atoms. The number of hydrogen-bond acceptors (Lipinski definition) is 3. The topological polar surface area (TPSA) is 15.3 Å². The van der Waals surface area contributed by atoms with Crippen LogP contribution in [-0.2, 0) is 0 Å². The van der Waals surface area contributed by atoms with E-state index in [9.17, 15) is 0 Å². The molecule has 1 saturated carbocycles. The molecule has 0 amide bonds. The van der Waals surface area contributed by atoms with Crippen molar-refractivity contribution in [2.75, 3.05) is 31.9 Å². The average molecular weight is 256 g/mol. The van der Waals surface area contributed by atoms with E-state index in [0.29, 0.717) is 0 Å². The van der Waals surface area contributed by atoms with Gasteiger partial charge in [0.05, 0.1) is 0 Å². The van der Waals surface area contributed by atoms with E-state index < -0.39 is 0 Å². The summed E-state index contributed by atoms with van der Waals surface area (Å²) in [6, 6.07) is 0.908. The van der Waals surface area contributed by atoms with Gasteiger partial charge in [-0.15, -0.1) is 0 Å². The van der Waals surface area contributed by atoms with Gasteiger partial charge in [0.25, 0.3) is 0 Å². The fraction of sp³-hybridized carbons (Fsp3) is 1.00. The highest BCUT2D eigenvalue weighted by atomic mass is 32.2. The van der Waals surface area contributed by atoms with Gasteiger partial charge in [-0.1, -0.05) is 13.8 Å². The molecule has 0 aromatic rings. The van der Waals surface area contributed by atoms with Crippen LogP contribution < -0.4 is 5.32 Å². The minimum atomic E-state index is 0.908. The van der Waals surface area contributed by atoms with Gasteiger partial charge < -0.3 is 10.2 Å². The molecule has 1 aliphatic heterocycles. The third-order valence-electron chi connectivity index (χ3n) is 4.28. The normalized spacial score (nSPS) is 34.6. The molecule has 2 fully saturated rings. The molecule has 1 aliphatic carbocycles. The highest BCUT2D eigenvalue weighted by Gasteiger charge is 2.33. The van der Waals surface area contributed by atoms with E-state index in [2.05, 4.69) is 35.8 Å². The molecule has 2 rings (SSSR count). The maximum absolute atomic E-state index is 3.50. The minimum absolute atomic E-state index is 0.908. The number of likely N-dealkylation sites (tertiary alicyclic amines) is 1. The summed E-state index contributed by atoms with van der Waals surface area (Å²) in [5.41, 5.74) is 0. The smallest absolute Gasteiger partial charge is 0.0106 e. The predicted molar refractivity (Wildman–Crippen MR) is 77.8 cm³/mol. The van der Waals surface area contributed by atoms with Crippen LogP contribution in [0.15, 0.2) is 0 Å². The Hall–Kier alpha value is 0.270. The van der Waals surface area contributed by atoms with Crippen molar-refractivity contribution in [2.45, 2.75) is 50.8 Å². The zero-order valence-electron chi connectivity index (χ0n) is 11.5. The molecule has 17 heavy (non-hydrogen) atoms. The van der Waals surface area contributed by atoms with Crippen molar-refractivity contribution in [2.24, 2.45) is 5.92 Å². The largest absolute Gasteiger partial charge is 0.317 e. The molecular weight excluding hydrogens is 228 g/mol. The number of hydrogen-bond donors (Lipinski definition) is 1. The van der Waals surface area contributed by atoms with Crippen molar-refractivity contribution in [3.8, 4) is 0 Å². The Morgan fingerprint density at radius 3 is 2.88 bits per heavy atom. The van der Waals surface area contributed by atoms with Crippen LogP contribution in [-0.4, -0.2) is 48.1 Å². The third-order valence-corrected chi connectivity index (χ3v) is 5.51. The summed E-state index contributed by atoms with van der Waals surface area (Å²) in [5.74, 6) is 2.20. The molecule has 100 valence electrons. The molecule has 1 saturated heterocycles. The summed E-state index contributed by atoms with van der Waals surface area (Å²) in [7, 11) is 0. The van der Waals surface area contributed by atoms with Gasteiger partial charge in [0.15, 0.2) is 0 Å². The Morgan fingerprint density at radius 1 is 1.24 bits per heavy atom. The van der Waals surface area contributed by atoms with Gasteiger partial charge >= 0.3 is 0 Å². The van der Waals surface area contributed by atoms with E-state index in [1.807, 2.05) is 0 Å². The van der Waals surface area contributed by atoms with E-state index in [4.69, 9.17) is 0 Å². The highest BCUT2D eigenvalue weighted by Crippen LogP contribution is 2.34. The Balaban J connectivity index is 1.70. The van der Waals surface area contributed by atoms with Crippen LogP contribution in [0.3, 0.4) is 0 Å². The molecule has 2 nitrogen and oxygen atoms in total.